The van der Waals surface area contributed by atoms with Gasteiger partial charge < -0.3 is 10.2 Å². The number of fused-ring (bicyclic) bond motifs is 4. The molecule has 1 amide bonds. The summed E-state index contributed by atoms with van der Waals surface area (Å²) in [6, 6.07) is 8.23. The quantitative estimate of drug-likeness (QED) is 0.923. The summed E-state index contributed by atoms with van der Waals surface area (Å²) in [5.41, 5.74) is 0.585. The van der Waals surface area contributed by atoms with E-state index in [0.717, 1.165) is 16.6 Å². The van der Waals surface area contributed by atoms with E-state index in [-0.39, 0.29) is 18.3 Å². The second-order valence-electron chi connectivity index (χ2n) is 5.75. The highest BCUT2D eigenvalue weighted by atomic mass is 35.5. The van der Waals surface area contributed by atoms with Gasteiger partial charge in [-0.25, -0.2) is 0 Å². The Morgan fingerprint density at radius 2 is 2.05 bits per heavy atom. The molecule has 0 saturated carbocycles. The minimum absolute atomic E-state index is 0. The van der Waals surface area contributed by atoms with Crippen molar-refractivity contribution in [2.75, 3.05) is 19.6 Å². The zero-order valence-corrected chi connectivity index (χ0v) is 13.3. The number of rotatable bonds is 2. The Balaban J connectivity index is 0.00000132. The first-order valence-corrected chi connectivity index (χ1v) is 7.96. The van der Waals surface area contributed by atoms with Gasteiger partial charge in [0, 0.05) is 18.0 Å². The van der Waals surface area contributed by atoms with Gasteiger partial charge in [0.2, 0.25) is 0 Å². The van der Waals surface area contributed by atoms with Crippen molar-refractivity contribution in [1.29, 1.82) is 0 Å². The van der Waals surface area contributed by atoms with Crippen LogP contribution in [0.3, 0.4) is 0 Å². The molecule has 0 radical (unpaired) electrons. The van der Waals surface area contributed by atoms with E-state index in [9.17, 15) is 4.79 Å². The first-order valence-electron chi connectivity index (χ1n) is 7.19. The number of hydrogen-bond acceptors (Lipinski definition) is 4. The van der Waals surface area contributed by atoms with Crippen LogP contribution < -0.4 is 5.32 Å². The lowest BCUT2D eigenvalue weighted by molar-refractivity contribution is 0.0619. The van der Waals surface area contributed by atoms with E-state index in [1.54, 1.807) is 0 Å². The van der Waals surface area contributed by atoms with Crippen LogP contribution in [0.2, 0.25) is 0 Å². The predicted octanol–water partition coefficient (Wildman–Crippen LogP) is 2.54. The average Bonchev–Trinajstić information content (AvgIpc) is 2.92. The molecule has 21 heavy (non-hydrogen) atoms. The van der Waals surface area contributed by atoms with Crippen LogP contribution in [-0.4, -0.2) is 40.9 Å². The Morgan fingerprint density at radius 3 is 2.76 bits per heavy atom. The fourth-order valence-corrected chi connectivity index (χ4v) is 4.19. The van der Waals surface area contributed by atoms with E-state index in [4.69, 9.17) is 0 Å². The monoisotopic (exact) mass is 323 g/mol. The van der Waals surface area contributed by atoms with Gasteiger partial charge in [-0.3, -0.25) is 4.79 Å². The highest BCUT2D eigenvalue weighted by Gasteiger charge is 2.35. The van der Waals surface area contributed by atoms with Gasteiger partial charge in [-0.1, -0.05) is 18.2 Å². The summed E-state index contributed by atoms with van der Waals surface area (Å²) in [6.45, 7) is 3.38. The number of nitrogens with one attached hydrogen (secondary N) is 1. The first-order chi connectivity index (χ1) is 9.81. The molecule has 4 nitrogen and oxygen atoms in total. The number of amides is 1. The molecule has 3 fully saturated rings. The van der Waals surface area contributed by atoms with Crippen molar-refractivity contribution in [1.82, 2.24) is 14.6 Å². The number of carbonyl (C=O) groups excluding carboxylic acids is 1. The molecule has 3 aliphatic rings. The van der Waals surface area contributed by atoms with Crippen LogP contribution in [0.25, 0.3) is 10.1 Å². The Labute approximate surface area is 134 Å². The second kappa shape index (κ2) is 5.91. The maximum atomic E-state index is 12.5. The van der Waals surface area contributed by atoms with Gasteiger partial charge in [0.05, 0.1) is 4.70 Å². The molecule has 2 bridgehead atoms. The zero-order valence-electron chi connectivity index (χ0n) is 11.6. The Bertz CT molecular complexity index is 651. The van der Waals surface area contributed by atoms with Crippen LogP contribution in [0.1, 0.15) is 23.3 Å². The Hall–Kier alpha value is -1.17. The summed E-state index contributed by atoms with van der Waals surface area (Å²) in [7, 11) is 0. The highest BCUT2D eigenvalue weighted by molar-refractivity contribution is 7.13. The molecule has 0 spiro atoms. The molecule has 3 aliphatic heterocycles. The molecule has 4 heterocycles. The van der Waals surface area contributed by atoms with Crippen LogP contribution in [0, 0.1) is 5.92 Å². The van der Waals surface area contributed by atoms with Gasteiger partial charge in [-0.15, -0.1) is 12.4 Å². The van der Waals surface area contributed by atoms with E-state index in [0.29, 0.717) is 17.7 Å². The maximum Gasteiger partial charge on any atom is 0.271 e. The van der Waals surface area contributed by atoms with Crippen molar-refractivity contribution in [3.05, 3.63) is 30.0 Å². The smallest absolute Gasteiger partial charge is 0.271 e. The lowest BCUT2D eigenvalue weighted by Crippen LogP contribution is -2.57. The third-order valence-electron chi connectivity index (χ3n) is 4.57. The number of piperidine rings is 3. The third-order valence-corrected chi connectivity index (χ3v) is 5.39. The fourth-order valence-electron chi connectivity index (χ4n) is 3.41. The van der Waals surface area contributed by atoms with Crippen LogP contribution in [0.5, 0.6) is 0 Å². The number of benzene rings is 1. The maximum absolute atomic E-state index is 12.5. The van der Waals surface area contributed by atoms with Crippen molar-refractivity contribution in [2.45, 2.75) is 18.9 Å². The van der Waals surface area contributed by atoms with Crippen molar-refractivity contribution >= 4 is 39.9 Å². The molecule has 1 atom stereocenters. The SMILES string of the molecule is Cl.O=C(N[C@@H]1CN2CCC1CC2)c1nsc2ccccc12. The molecule has 5 rings (SSSR count). The van der Waals surface area contributed by atoms with E-state index in [1.165, 1.54) is 37.5 Å². The lowest BCUT2D eigenvalue weighted by Gasteiger charge is -2.44. The predicted molar refractivity (Wildman–Crippen MR) is 87.3 cm³/mol. The van der Waals surface area contributed by atoms with Gasteiger partial charge >= 0.3 is 0 Å². The number of aromatic nitrogens is 1. The summed E-state index contributed by atoms with van der Waals surface area (Å²) in [4.78, 5) is 14.9. The number of hydrogen-bond donors (Lipinski definition) is 1. The van der Waals surface area contributed by atoms with Crippen LogP contribution in [0.4, 0.5) is 0 Å². The zero-order chi connectivity index (χ0) is 13.5. The molecule has 112 valence electrons. The Kier molecular flexibility index (Phi) is 4.15. The van der Waals surface area contributed by atoms with Gasteiger partial charge in [-0.05, 0) is 49.4 Å². The lowest BCUT2D eigenvalue weighted by atomic mass is 9.84. The average molecular weight is 324 g/mol. The van der Waals surface area contributed by atoms with E-state index in [2.05, 4.69) is 14.6 Å². The first kappa shape index (κ1) is 14.8. The largest absolute Gasteiger partial charge is 0.346 e. The molecule has 1 aromatic carbocycles. The summed E-state index contributed by atoms with van der Waals surface area (Å²) in [5, 5.41) is 4.18. The van der Waals surface area contributed by atoms with E-state index >= 15 is 0 Å². The standard InChI is InChI=1S/C15H17N3OS.ClH/c19-15(14-11-3-1-2-4-13(11)20-17-14)16-12-9-18-7-5-10(12)6-8-18;/h1-4,10,12H,5-9H2,(H,16,19);1H/t12-;/m1./s1. The molecular weight excluding hydrogens is 306 g/mol. The second-order valence-corrected chi connectivity index (χ2v) is 6.55. The molecule has 1 N–H and O–H groups in total. The summed E-state index contributed by atoms with van der Waals surface area (Å²) in [6.07, 6.45) is 2.42. The number of carbonyl (C=O) groups is 1. The van der Waals surface area contributed by atoms with E-state index < -0.39 is 0 Å². The van der Waals surface area contributed by atoms with Crippen LogP contribution in [-0.2, 0) is 0 Å². The van der Waals surface area contributed by atoms with Gasteiger partial charge in [-0.2, -0.15) is 4.37 Å². The van der Waals surface area contributed by atoms with Gasteiger partial charge in [0.15, 0.2) is 0 Å². The van der Waals surface area contributed by atoms with Crippen molar-refractivity contribution in [2.24, 2.45) is 5.92 Å². The molecule has 3 saturated heterocycles. The normalized spacial score (nSPS) is 27.3. The van der Waals surface area contributed by atoms with Gasteiger partial charge in [0.1, 0.15) is 5.69 Å². The molecular formula is C15H18ClN3OS. The van der Waals surface area contributed by atoms with Gasteiger partial charge in [0.25, 0.3) is 5.91 Å². The van der Waals surface area contributed by atoms with Crippen molar-refractivity contribution < 1.29 is 4.79 Å². The van der Waals surface area contributed by atoms with Crippen molar-refractivity contribution in [3.8, 4) is 0 Å². The molecule has 1 aromatic heterocycles. The Morgan fingerprint density at radius 1 is 1.29 bits per heavy atom. The topological polar surface area (TPSA) is 45.2 Å². The molecule has 6 heteroatoms. The molecule has 2 aromatic rings. The third kappa shape index (κ3) is 2.65. The highest BCUT2D eigenvalue weighted by Crippen LogP contribution is 2.28. The molecule has 0 aliphatic carbocycles. The summed E-state index contributed by atoms with van der Waals surface area (Å²) in [5.74, 6) is 0.634. The molecule has 0 unspecified atom stereocenters. The van der Waals surface area contributed by atoms with E-state index in [1.807, 2.05) is 24.3 Å². The van der Waals surface area contributed by atoms with Crippen LogP contribution in [0.15, 0.2) is 24.3 Å². The fraction of sp³-hybridized carbons (Fsp3) is 0.467. The number of halogens is 1. The minimum Gasteiger partial charge on any atom is -0.346 e. The summed E-state index contributed by atoms with van der Waals surface area (Å²) >= 11 is 1.40. The number of nitrogens with zero attached hydrogens (tertiary/aromatic N) is 2. The summed E-state index contributed by atoms with van der Waals surface area (Å²) < 4.78 is 5.41. The van der Waals surface area contributed by atoms with Crippen molar-refractivity contribution in [3.63, 3.8) is 0 Å². The minimum atomic E-state index is -0.0128. The van der Waals surface area contributed by atoms with Crippen LogP contribution >= 0.6 is 23.9 Å².